The maximum absolute atomic E-state index is 11.9. The summed E-state index contributed by atoms with van der Waals surface area (Å²) in [4.78, 5) is 16.1. The second-order valence-electron chi connectivity index (χ2n) is 6.21. The molecule has 2 aliphatic rings. The summed E-state index contributed by atoms with van der Waals surface area (Å²) >= 11 is 0. The van der Waals surface area contributed by atoms with E-state index in [4.69, 9.17) is 9.47 Å². The highest BCUT2D eigenvalue weighted by molar-refractivity contribution is 5.75. The zero-order valence-electron chi connectivity index (χ0n) is 12.9. The van der Waals surface area contributed by atoms with Crippen molar-refractivity contribution in [2.75, 3.05) is 13.2 Å². The Hall–Kier alpha value is -1.62. The fourth-order valence-corrected chi connectivity index (χ4v) is 2.58. The second kappa shape index (κ2) is 7.58. The van der Waals surface area contributed by atoms with Crippen molar-refractivity contribution < 1.29 is 14.3 Å². The van der Waals surface area contributed by atoms with E-state index in [-0.39, 0.29) is 12.0 Å². The molecule has 1 aromatic heterocycles. The molecule has 120 valence electrons. The molecule has 1 amide bonds. The summed E-state index contributed by atoms with van der Waals surface area (Å²) in [5, 5.41) is 2.95. The monoisotopic (exact) mass is 304 g/mol. The number of carbonyl (C=O) groups is 1. The molecule has 1 saturated carbocycles. The molecule has 0 spiro atoms. The topological polar surface area (TPSA) is 60.5 Å². The lowest BCUT2D eigenvalue weighted by atomic mass is 10.1. The van der Waals surface area contributed by atoms with Crippen molar-refractivity contribution >= 4 is 5.91 Å². The first-order chi connectivity index (χ1) is 10.8. The summed E-state index contributed by atoms with van der Waals surface area (Å²) in [7, 11) is 0. The quantitative estimate of drug-likeness (QED) is 0.801. The van der Waals surface area contributed by atoms with E-state index in [9.17, 15) is 4.79 Å². The molecule has 0 bridgehead atoms. The number of carbonyl (C=O) groups excluding carboxylic acids is 1. The van der Waals surface area contributed by atoms with Crippen LogP contribution >= 0.6 is 0 Å². The molecule has 1 aliphatic carbocycles. The minimum atomic E-state index is 0.0766. The van der Waals surface area contributed by atoms with Crippen LogP contribution in [0.15, 0.2) is 18.3 Å². The molecule has 1 N–H and O–H groups in total. The standard InChI is InChI=1S/C17H24N2O3/c20-16(6-5-15-2-1-9-21-15)19-11-14-7-8-18-17(10-14)22-12-13-3-4-13/h7-8,10,13,15H,1-6,9,11-12H2,(H,19,20)/t15-/m1/s1. The Labute approximate surface area is 131 Å². The minimum Gasteiger partial charge on any atom is -0.477 e. The van der Waals surface area contributed by atoms with E-state index < -0.39 is 0 Å². The molecule has 1 aromatic rings. The Morgan fingerprint density at radius 2 is 2.32 bits per heavy atom. The average Bonchev–Trinajstić information content (AvgIpc) is 3.23. The van der Waals surface area contributed by atoms with Gasteiger partial charge in [0.05, 0.1) is 12.7 Å². The summed E-state index contributed by atoms with van der Waals surface area (Å²) in [5.41, 5.74) is 1.02. The molecule has 0 unspecified atom stereocenters. The van der Waals surface area contributed by atoms with Gasteiger partial charge in [-0.15, -0.1) is 0 Å². The van der Waals surface area contributed by atoms with Gasteiger partial charge in [0.25, 0.3) is 0 Å². The number of hydrogen-bond acceptors (Lipinski definition) is 4. The van der Waals surface area contributed by atoms with Crippen LogP contribution < -0.4 is 10.1 Å². The number of hydrogen-bond donors (Lipinski definition) is 1. The Morgan fingerprint density at radius 1 is 1.41 bits per heavy atom. The highest BCUT2D eigenvalue weighted by atomic mass is 16.5. The molecule has 1 saturated heterocycles. The van der Waals surface area contributed by atoms with Crippen LogP contribution in [0.5, 0.6) is 5.88 Å². The Bertz CT molecular complexity index is 496. The number of pyridine rings is 1. The van der Waals surface area contributed by atoms with Gasteiger partial charge in [-0.3, -0.25) is 4.79 Å². The van der Waals surface area contributed by atoms with Crippen molar-refractivity contribution in [1.29, 1.82) is 0 Å². The molecular weight excluding hydrogens is 280 g/mol. The van der Waals surface area contributed by atoms with E-state index >= 15 is 0 Å². The number of nitrogens with one attached hydrogen (secondary N) is 1. The van der Waals surface area contributed by atoms with Crippen LogP contribution in [-0.4, -0.2) is 30.2 Å². The third-order valence-electron chi connectivity index (χ3n) is 4.17. The lowest BCUT2D eigenvalue weighted by Crippen LogP contribution is -2.24. The van der Waals surface area contributed by atoms with Gasteiger partial charge in [-0.25, -0.2) is 4.98 Å². The maximum atomic E-state index is 11.9. The summed E-state index contributed by atoms with van der Waals surface area (Å²) in [6.07, 6.45) is 8.08. The van der Waals surface area contributed by atoms with Crippen LogP contribution in [0.3, 0.4) is 0 Å². The first kappa shape index (κ1) is 15.3. The predicted molar refractivity (Wildman–Crippen MR) is 82.5 cm³/mol. The second-order valence-corrected chi connectivity index (χ2v) is 6.21. The van der Waals surface area contributed by atoms with Gasteiger partial charge in [0.1, 0.15) is 0 Å². The molecular formula is C17H24N2O3. The lowest BCUT2D eigenvalue weighted by molar-refractivity contribution is -0.121. The van der Waals surface area contributed by atoms with Crippen LogP contribution in [0.25, 0.3) is 0 Å². The molecule has 5 heteroatoms. The van der Waals surface area contributed by atoms with E-state index in [0.29, 0.717) is 24.8 Å². The molecule has 5 nitrogen and oxygen atoms in total. The lowest BCUT2D eigenvalue weighted by Gasteiger charge is -2.10. The number of rotatable bonds is 8. The SMILES string of the molecule is O=C(CC[C@H]1CCCO1)NCc1ccnc(OCC2CC2)c1. The van der Waals surface area contributed by atoms with Gasteiger partial charge < -0.3 is 14.8 Å². The fourth-order valence-electron chi connectivity index (χ4n) is 2.58. The van der Waals surface area contributed by atoms with Gasteiger partial charge in [-0.05, 0) is 49.7 Å². The Morgan fingerprint density at radius 3 is 3.09 bits per heavy atom. The molecule has 0 radical (unpaired) electrons. The Kier molecular flexibility index (Phi) is 5.27. The van der Waals surface area contributed by atoms with E-state index in [1.165, 1.54) is 12.8 Å². The zero-order chi connectivity index (χ0) is 15.2. The van der Waals surface area contributed by atoms with Crippen molar-refractivity contribution in [2.45, 2.75) is 51.2 Å². The third kappa shape index (κ3) is 4.98. The van der Waals surface area contributed by atoms with Crippen LogP contribution in [0, 0.1) is 5.92 Å². The van der Waals surface area contributed by atoms with Crippen molar-refractivity contribution in [3.63, 3.8) is 0 Å². The normalized spacial score (nSPS) is 20.8. The zero-order valence-corrected chi connectivity index (χ0v) is 12.9. The van der Waals surface area contributed by atoms with Crippen LogP contribution in [0.2, 0.25) is 0 Å². The summed E-state index contributed by atoms with van der Waals surface area (Å²) in [6, 6.07) is 3.81. The fraction of sp³-hybridized carbons (Fsp3) is 0.647. The molecule has 22 heavy (non-hydrogen) atoms. The minimum absolute atomic E-state index is 0.0766. The van der Waals surface area contributed by atoms with Crippen molar-refractivity contribution in [3.8, 4) is 5.88 Å². The van der Waals surface area contributed by atoms with E-state index in [0.717, 1.165) is 38.0 Å². The highest BCUT2D eigenvalue weighted by Gasteiger charge is 2.22. The average molecular weight is 304 g/mol. The van der Waals surface area contributed by atoms with Gasteiger partial charge >= 0.3 is 0 Å². The van der Waals surface area contributed by atoms with Gasteiger partial charge in [0, 0.05) is 31.8 Å². The van der Waals surface area contributed by atoms with Gasteiger partial charge in [-0.2, -0.15) is 0 Å². The van der Waals surface area contributed by atoms with Gasteiger partial charge in [0.2, 0.25) is 11.8 Å². The van der Waals surface area contributed by atoms with Crippen LogP contribution in [0.1, 0.15) is 44.1 Å². The predicted octanol–water partition coefficient (Wildman–Crippen LogP) is 2.45. The number of aromatic nitrogens is 1. The summed E-state index contributed by atoms with van der Waals surface area (Å²) in [6.45, 7) is 2.11. The van der Waals surface area contributed by atoms with Gasteiger partial charge in [0.15, 0.2) is 0 Å². The molecule has 2 heterocycles. The third-order valence-corrected chi connectivity index (χ3v) is 4.17. The number of nitrogens with zero attached hydrogens (tertiary/aromatic N) is 1. The van der Waals surface area contributed by atoms with E-state index in [1.54, 1.807) is 6.20 Å². The van der Waals surface area contributed by atoms with E-state index in [2.05, 4.69) is 10.3 Å². The van der Waals surface area contributed by atoms with Crippen LogP contribution in [0.4, 0.5) is 0 Å². The number of amides is 1. The first-order valence-electron chi connectivity index (χ1n) is 8.25. The number of ether oxygens (including phenoxy) is 2. The van der Waals surface area contributed by atoms with Gasteiger partial charge in [-0.1, -0.05) is 0 Å². The maximum Gasteiger partial charge on any atom is 0.220 e. The summed E-state index contributed by atoms with van der Waals surface area (Å²) < 4.78 is 11.2. The van der Waals surface area contributed by atoms with E-state index in [1.807, 2.05) is 12.1 Å². The molecule has 1 atom stereocenters. The van der Waals surface area contributed by atoms with Crippen molar-refractivity contribution in [2.24, 2.45) is 5.92 Å². The van der Waals surface area contributed by atoms with Crippen LogP contribution in [-0.2, 0) is 16.1 Å². The smallest absolute Gasteiger partial charge is 0.220 e. The Balaban J connectivity index is 1.37. The largest absolute Gasteiger partial charge is 0.477 e. The van der Waals surface area contributed by atoms with Crippen molar-refractivity contribution in [3.05, 3.63) is 23.9 Å². The molecule has 3 rings (SSSR count). The molecule has 0 aromatic carbocycles. The summed E-state index contributed by atoms with van der Waals surface area (Å²) in [5.74, 6) is 1.44. The highest BCUT2D eigenvalue weighted by Crippen LogP contribution is 2.29. The molecule has 2 fully saturated rings. The molecule has 1 aliphatic heterocycles. The van der Waals surface area contributed by atoms with Crippen molar-refractivity contribution in [1.82, 2.24) is 10.3 Å². The first-order valence-corrected chi connectivity index (χ1v) is 8.25.